The van der Waals surface area contributed by atoms with Crippen LogP contribution in [-0.4, -0.2) is 55.5 Å². The summed E-state index contributed by atoms with van der Waals surface area (Å²) in [5.41, 5.74) is 0.646. The summed E-state index contributed by atoms with van der Waals surface area (Å²) in [7, 11) is 1.59. The molecule has 5 heteroatoms. The Morgan fingerprint density at radius 1 is 1.37 bits per heavy atom. The lowest BCUT2D eigenvalue weighted by Crippen LogP contribution is -2.48. The summed E-state index contributed by atoms with van der Waals surface area (Å²) >= 11 is 0. The van der Waals surface area contributed by atoms with Gasteiger partial charge in [-0.15, -0.1) is 0 Å². The van der Waals surface area contributed by atoms with Crippen LogP contribution in [0, 0.1) is 11.3 Å². The van der Waals surface area contributed by atoms with Gasteiger partial charge in [-0.2, -0.15) is 5.26 Å². The third-order valence-corrected chi connectivity index (χ3v) is 3.27. The van der Waals surface area contributed by atoms with E-state index in [0.717, 1.165) is 13.1 Å². The van der Waals surface area contributed by atoms with Gasteiger partial charge in [-0.3, -0.25) is 9.69 Å². The number of carbonyl (C=O) groups excluding carboxylic acids is 1. The Bertz CT molecular complexity index is 488. The first-order valence-corrected chi connectivity index (χ1v) is 6.27. The van der Waals surface area contributed by atoms with E-state index < -0.39 is 0 Å². The van der Waals surface area contributed by atoms with E-state index in [-0.39, 0.29) is 5.91 Å². The number of carbonyl (C=O) groups is 1. The minimum absolute atomic E-state index is 0.0236. The first-order valence-electron chi connectivity index (χ1n) is 6.27. The van der Waals surface area contributed by atoms with Gasteiger partial charge in [-0.25, -0.2) is 0 Å². The van der Waals surface area contributed by atoms with Crippen LogP contribution in [0.15, 0.2) is 24.3 Å². The van der Waals surface area contributed by atoms with Gasteiger partial charge in [-0.05, 0) is 18.2 Å². The van der Waals surface area contributed by atoms with E-state index in [1.54, 1.807) is 19.2 Å². The van der Waals surface area contributed by atoms with Gasteiger partial charge >= 0.3 is 0 Å². The van der Waals surface area contributed by atoms with Gasteiger partial charge in [0, 0.05) is 31.7 Å². The molecule has 0 atom stereocenters. The summed E-state index contributed by atoms with van der Waals surface area (Å²) in [5.74, 6) is 0.712. The van der Waals surface area contributed by atoms with E-state index in [1.165, 1.54) is 0 Å². The molecule has 0 aliphatic carbocycles. The average Bonchev–Trinajstić information content (AvgIpc) is 2.48. The number of benzene rings is 1. The van der Waals surface area contributed by atoms with Crippen LogP contribution in [0.25, 0.3) is 0 Å². The number of rotatable bonds is 3. The maximum absolute atomic E-state index is 12.3. The fourth-order valence-corrected chi connectivity index (χ4v) is 2.15. The Kier molecular flexibility index (Phi) is 4.37. The molecule has 0 aromatic heterocycles. The van der Waals surface area contributed by atoms with Crippen molar-refractivity contribution < 1.29 is 9.53 Å². The maximum Gasteiger partial charge on any atom is 0.254 e. The summed E-state index contributed by atoms with van der Waals surface area (Å²) in [6, 6.07) is 9.32. The van der Waals surface area contributed by atoms with Gasteiger partial charge in [0.2, 0.25) is 0 Å². The molecule has 0 saturated carbocycles. The molecule has 1 aromatic rings. The summed E-state index contributed by atoms with van der Waals surface area (Å²) in [4.78, 5) is 16.2. The second kappa shape index (κ2) is 6.21. The highest BCUT2D eigenvalue weighted by Crippen LogP contribution is 2.15. The highest BCUT2D eigenvalue weighted by Gasteiger charge is 2.21. The standard InChI is InChI=1S/C14H17N3O2/c1-19-13-4-2-3-12(11-13)14(18)17-9-7-16(6-5-15)8-10-17/h2-4,11H,6-10H2,1H3. The van der Waals surface area contributed by atoms with Gasteiger partial charge in [-0.1, -0.05) is 6.07 Å². The summed E-state index contributed by atoms with van der Waals surface area (Å²) in [6.45, 7) is 3.27. The fraction of sp³-hybridized carbons (Fsp3) is 0.429. The monoisotopic (exact) mass is 259 g/mol. The zero-order valence-corrected chi connectivity index (χ0v) is 11.0. The molecule has 1 saturated heterocycles. The molecule has 0 radical (unpaired) electrons. The van der Waals surface area contributed by atoms with Crippen LogP contribution in [0.1, 0.15) is 10.4 Å². The lowest BCUT2D eigenvalue weighted by atomic mass is 10.1. The van der Waals surface area contributed by atoms with Crippen molar-refractivity contribution in [1.82, 2.24) is 9.80 Å². The molecule has 0 N–H and O–H groups in total. The third-order valence-electron chi connectivity index (χ3n) is 3.27. The van der Waals surface area contributed by atoms with Crippen LogP contribution in [-0.2, 0) is 0 Å². The lowest BCUT2D eigenvalue weighted by Gasteiger charge is -2.33. The lowest BCUT2D eigenvalue weighted by molar-refractivity contribution is 0.0651. The zero-order chi connectivity index (χ0) is 13.7. The van der Waals surface area contributed by atoms with Crippen molar-refractivity contribution in [3.8, 4) is 11.8 Å². The highest BCUT2D eigenvalue weighted by atomic mass is 16.5. The second-order valence-corrected chi connectivity index (χ2v) is 4.46. The van der Waals surface area contributed by atoms with Crippen LogP contribution < -0.4 is 4.74 Å². The number of nitrogens with zero attached hydrogens (tertiary/aromatic N) is 3. The molecule has 1 amide bonds. The van der Waals surface area contributed by atoms with Gasteiger partial charge in [0.15, 0.2) is 0 Å². The number of nitriles is 1. The third kappa shape index (κ3) is 3.24. The van der Waals surface area contributed by atoms with E-state index in [1.807, 2.05) is 17.0 Å². The molecule has 1 fully saturated rings. The maximum atomic E-state index is 12.3. The van der Waals surface area contributed by atoms with Crippen LogP contribution in [0.5, 0.6) is 5.75 Å². The molecule has 1 aliphatic heterocycles. The van der Waals surface area contributed by atoms with Gasteiger partial charge in [0.1, 0.15) is 5.75 Å². The topological polar surface area (TPSA) is 56.6 Å². The fourth-order valence-electron chi connectivity index (χ4n) is 2.15. The Morgan fingerprint density at radius 2 is 2.11 bits per heavy atom. The minimum Gasteiger partial charge on any atom is -0.497 e. The molecule has 1 heterocycles. The number of piperazine rings is 1. The molecule has 2 rings (SSSR count). The molecule has 100 valence electrons. The van der Waals surface area contributed by atoms with Gasteiger partial charge in [0.05, 0.1) is 19.7 Å². The molecule has 0 bridgehead atoms. The van der Waals surface area contributed by atoms with Crippen molar-refractivity contribution in [3.05, 3.63) is 29.8 Å². The van der Waals surface area contributed by atoms with Crippen molar-refractivity contribution in [1.29, 1.82) is 5.26 Å². The zero-order valence-electron chi connectivity index (χ0n) is 11.0. The van der Waals surface area contributed by atoms with E-state index in [9.17, 15) is 4.79 Å². The Hall–Kier alpha value is -2.06. The molecular formula is C14H17N3O2. The Balaban J connectivity index is 1.99. The number of methoxy groups -OCH3 is 1. The molecule has 0 unspecified atom stereocenters. The summed E-state index contributed by atoms with van der Waals surface area (Å²) in [5, 5.41) is 8.64. The largest absolute Gasteiger partial charge is 0.497 e. The van der Waals surface area contributed by atoms with Crippen molar-refractivity contribution in [2.24, 2.45) is 0 Å². The highest BCUT2D eigenvalue weighted by molar-refractivity contribution is 5.94. The normalized spacial score (nSPS) is 15.9. The smallest absolute Gasteiger partial charge is 0.254 e. The van der Waals surface area contributed by atoms with Crippen LogP contribution in [0.2, 0.25) is 0 Å². The Morgan fingerprint density at radius 3 is 2.74 bits per heavy atom. The van der Waals surface area contributed by atoms with Gasteiger partial charge in [0.25, 0.3) is 5.91 Å². The van der Waals surface area contributed by atoms with Crippen molar-refractivity contribution in [2.45, 2.75) is 0 Å². The van der Waals surface area contributed by atoms with Crippen LogP contribution in [0.4, 0.5) is 0 Å². The van der Waals surface area contributed by atoms with Gasteiger partial charge < -0.3 is 9.64 Å². The molecular weight excluding hydrogens is 242 g/mol. The molecule has 1 aromatic carbocycles. The van der Waals surface area contributed by atoms with Crippen molar-refractivity contribution in [2.75, 3.05) is 39.8 Å². The predicted molar refractivity (Wildman–Crippen MR) is 71.0 cm³/mol. The summed E-state index contributed by atoms with van der Waals surface area (Å²) < 4.78 is 5.13. The van der Waals surface area contributed by atoms with Crippen LogP contribution >= 0.6 is 0 Å². The molecule has 0 spiro atoms. The summed E-state index contributed by atoms with van der Waals surface area (Å²) in [6.07, 6.45) is 0. The van der Waals surface area contributed by atoms with E-state index in [2.05, 4.69) is 11.0 Å². The van der Waals surface area contributed by atoms with E-state index >= 15 is 0 Å². The Labute approximate surface area is 113 Å². The van der Waals surface area contributed by atoms with Crippen molar-refractivity contribution >= 4 is 5.91 Å². The molecule has 19 heavy (non-hydrogen) atoms. The number of amides is 1. The average molecular weight is 259 g/mol. The molecule has 5 nitrogen and oxygen atoms in total. The number of ether oxygens (including phenoxy) is 1. The second-order valence-electron chi connectivity index (χ2n) is 4.46. The quantitative estimate of drug-likeness (QED) is 0.759. The molecule has 1 aliphatic rings. The first kappa shape index (κ1) is 13.4. The minimum atomic E-state index is 0.0236. The predicted octanol–water partition coefficient (Wildman–Crippen LogP) is 0.977. The first-order chi connectivity index (χ1) is 9.24. The number of hydrogen-bond donors (Lipinski definition) is 0. The van der Waals surface area contributed by atoms with E-state index in [0.29, 0.717) is 30.9 Å². The van der Waals surface area contributed by atoms with Crippen LogP contribution in [0.3, 0.4) is 0 Å². The van der Waals surface area contributed by atoms with Crippen molar-refractivity contribution in [3.63, 3.8) is 0 Å². The SMILES string of the molecule is COc1cccc(C(=O)N2CCN(CC#N)CC2)c1. The van der Waals surface area contributed by atoms with E-state index in [4.69, 9.17) is 10.00 Å². The number of hydrogen-bond acceptors (Lipinski definition) is 4.